The number of nitrogens with zero attached hydrogens (tertiary/aromatic N) is 4. The molecule has 1 heterocycles. The Hall–Kier alpha value is -1.62. The van der Waals surface area contributed by atoms with Crippen LogP contribution in [0.3, 0.4) is 0 Å². The number of tetrazole rings is 1. The molecule has 0 radical (unpaired) electrons. The second kappa shape index (κ2) is 5.64. The first-order valence-electron chi connectivity index (χ1n) is 7.41. The van der Waals surface area contributed by atoms with E-state index in [1.54, 1.807) is 12.1 Å². The number of nitrogen functional groups attached to an aromatic ring is 1. The lowest BCUT2D eigenvalue weighted by atomic mass is 9.78. The monoisotopic (exact) mass is 305 g/mol. The number of halogens is 1. The number of rotatable bonds is 2. The normalized spacial score (nSPS) is 26.0. The van der Waals surface area contributed by atoms with Gasteiger partial charge in [-0.2, -0.15) is 0 Å². The molecule has 21 heavy (non-hydrogen) atoms. The molecule has 2 aromatic rings. The molecule has 1 saturated carbocycles. The first-order valence-corrected chi connectivity index (χ1v) is 7.79. The average Bonchev–Trinajstić information content (AvgIpc) is 2.93. The highest BCUT2D eigenvalue weighted by atomic mass is 35.5. The van der Waals surface area contributed by atoms with Gasteiger partial charge in [0.1, 0.15) is 0 Å². The maximum atomic E-state index is 6.30. The summed E-state index contributed by atoms with van der Waals surface area (Å²) >= 11 is 6.30. The zero-order valence-electron chi connectivity index (χ0n) is 12.3. The summed E-state index contributed by atoms with van der Waals surface area (Å²) in [6, 6.07) is 5.72. The molecule has 112 valence electrons. The molecular weight excluding hydrogens is 286 g/mol. The molecule has 3 atom stereocenters. The Morgan fingerprint density at radius 2 is 2.10 bits per heavy atom. The van der Waals surface area contributed by atoms with E-state index in [4.69, 9.17) is 17.3 Å². The van der Waals surface area contributed by atoms with E-state index in [2.05, 4.69) is 29.4 Å². The molecule has 0 amide bonds. The van der Waals surface area contributed by atoms with Crippen LogP contribution in [-0.2, 0) is 0 Å². The smallest absolute Gasteiger partial charge is 0.183 e. The first kappa shape index (κ1) is 14.3. The average molecular weight is 306 g/mol. The predicted octanol–water partition coefficient (Wildman–Crippen LogP) is 3.57. The second-order valence-corrected chi connectivity index (χ2v) is 6.43. The molecule has 1 aliphatic rings. The van der Waals surface area contributed by atoms with Gasteiger partial charge in [-0.3, -0.25) is 0 Å². The summed E-state index contributed by atoms with van der Waals surface area (Å²) in [4.78, 5) is 0. The Morgan fingerprint density at radius 3 is 2.90 bits per heavy atom. The van der Waals surface area contributed by atoms with Crippen LogP contribution in [0.2, 0.25) is 5.02 Å². The van der Waals surface area contributed by atoms with Gasteiger partial charge in [-0.15, -0.1) is 5.10 Å². The van der Waals surface area contributed by atoms with Crippen molar-refractivity contribution in [1.82, 2.24) is 20.2 Å². The summed E-state index contributed by atoms with van der Waals surface area (Å²) in [5, 5.41) is 12.9. The number of anilines is 1. The highest BCUT2D eigenvalue weighted by molar-refractivity contribution is 6.33. The largest absolute Gasteiger partial charge is 0.399 e. The minimum absolute atomic E-state index is 0.316. The molecule has 0 bridgehead atoms. The molecule has 6 heteroatoms. The van der Waals surface area contributed by atoms with Gasteiger partial charge < -0.3 is 5.73 Å². The van der Waals surface area contributed by atoms with Gasteiger partial charge in [0.25, 0.3) is 0 Å². The van der Waals surface area contributed by atoms with Gasteiger partial charge in [0.2, 0.25) is 0 Å². The van der Waals surface area contributed by atoms with Gasteiger partial charge >= 0.3 is 0 Å². The van der Waals surface area contributed by atoms with Gasteiger partial charge in [0.15, 0.2) is 5.82 Å². The van der Waals surface area contributed by atoms with Crippen molar-refractivity contribution in [2.45, 2.75) is 39.2 Å². The van der Waals surface area contributed by atoms with Crippen LogP contribution in [0.15, 0.2) is 18.2 Å². The van der Waals surface area contributed by atoms with E-state index in [1.165, 1.54) is 12.8 Å². The summed E-state index contributed by atoms with van der Waals surface area (Å²) in [6.45, 7) is 4.58. The van der Waals surface area contributed by atoms with E-state index in [9.17, 15) is 0 Å². The molecule has 1 fully saturated rings. The molecular formula is C15H20ClN5. The molecule has 1 aromatic carbocycles. The van der Waals surface area contributed by atoms with Crippen LogP contribution in [0.1, 0.15) is 39.2 Å². The Morgan fingerprint density at radius 1 is 1.29 bits per heavy atom. The third-order valence-electron chi connectivity index (χ3n) is 4.70. The van der Waals surface area contributed by atoms with E-state index in [0.29, 0.717) is 34.4 Å². The van der Waals surface area contributed by atoms with Crippen molar-refractivity contribution in [3.63, 3.8) is 0 Å². The number of hydrogen-bond acceptors (Lipinski definition) is 4. The zero-order valence-corrected chi connectivity index (χ0v) is 13.1. The van der Waals surface area contributed by atoms with Gasteiger partial charge in [-0.25, -0.2) is 4.68 Å². The third kappa shape index (κ3) is 2.62. The minimum atomic E-state index is 0.316. The topological polar surface area (TPSA) is 69.6 Å². The lowest BCUT2D eigenvalue weighted by molar-refractivity contribution is 0.174. The van der Waals surface area contributed by atoms with Crippen LogP contribution in [-0.4, -0.2) is 20.2 Å². The molecule has 1 aromatic heterocycles. The maximum absolute atomic E-state index is 6.30. The molecule has 0 spiro atoms. The summed E-state index contributed by atoms with van der Waals surface area (Å²) in [5.41, 5.74) is 7.33. The molecule has 3 unspecified atom stereocenters. The van der Waals surface area contributed by atoms with Crippen molar-refractivity contribution < 1.29 is 0 Å². The fraction of sp³-hybridized carbons (Fsp3) is 0.533. The maximum Gasteiger partial charge on any atom is 0.183 e. The molecule has 2 N–H and O–H groups in total. The minimum Gasteiger partial charge on any atom is -0.399 e. The first-order chi connectivity index (χ1) is 10.1. The van der Waals surface area contributed by atoms with Gasteiger partial charge in [-0.1, -0.05) is 38.3 Å². The number of nitrogens with two attached hydrogens (primary N) is 1. The van der Waals surface area contributed by atoms with Crippen LogP contribution in [0.4, 0.5) is 5.69 Å². The van der Waals surface area contributed by atoms with E-state index < -0.39 is 0 Å². The fourth-order valence-corrected chi connectivity index (χ4v) is 3.41. The predicted molar refractivity (Wildman–Crippen MR) is 83.9 cm³/mol. The van der Waals surface area contributed by atoms with Crippen molar-refractivity contribution in [2.75, 3.05) is 5.73 Å². The van der Waals surface area contributed by atoms with Gasteiger partial charge in [-0.05, 0) is 46.9 Å². The quantitative estimate of drug-likeness (QED) is 0.861. The van der Waals surface area contributed by atoms with Gasteiger partial charge in [0, 0.05) is 11.3 Å². The van der Waals surface area contributed by atoms with Crippen LogP contribution in [0, 0.1) is 11.8 Å². The highest BCUT2D eigenvalue weighted by Crippen LogP contribution is 2.39. The SMILES string of the molecule is CC1CCCC(n2nnnc2-c2cc(N)ccc2Cl)C1C. The summed E-state index contributed by atoms with van der Waals surface area (Å²) < 4.78 is 1.93. The van der Waals surface area contributed by atoms with Crippen molar-refractivity contribution in [3.05, 3.63) is 23.2 Å². The highest BCUT2D eigenvalue weighted by Gasteiger charge is 2.31. The van der Waals surface area contributed by atoms with E-state index in [-0.39, 0.29) is 0 Å². The lowest BCUT2D eigenvalue weighted by Crippen LogP contribution is -2.28. The lowest BCUT2D eigenvalue weighted by Gasteiger charge is -2.34. The van der Waals surface area contributed by atoms with E-state index >= 15 is 0 Å². The fourth-order valence-electron chi connectivity index (χ4n) is 3.21. The number of hydrogen-bond donors (Lipinski definition) is 1. The van der Waals surface area contributed by atoms with Crippen molar-refractivity contribution in [1.29, 1.82) is 0 Å². The Kier molecular flexibility index (Phi) is 3.85. The standard InChI is InChI=1S/C15H20ClN5/c1-9-4-3-5-14(10(9)2)21-15(18-19-20-21)12-8-11(17)6-7-13(12)16/h6-10,14H,3-5,17H2,1-2H3. The molecule has 3 rings (SSSR count). The van der Waals surface area contributed by atoms with E-state index in [0.717, 1.165) is 12.0 Å². The van der Waals surface area contributed by atoms with Crippen molar-refractivity contribution >= 4 is 17.3 Å². The molecule has 5 nitrogen and oxygen atoms in total. The third-order valence-corrected chi connectivity index (χ3v) is 5.03. The second-order valence-electron chi connectivity index (χ2n) is 6.02. The molecule has 0 aliphatic heterocycles. The summed E-state index contributed by atoms with van der Waals surface area (Å²) in [5.74, 6) is 1.93. The number of aromatic nitrogens is 4. The van der Waals surface area contributed by atoms with E-state index in [1.807, 2.05) is 10.7 Å². The van der Waals surface area contributed by atoms with Crippen LogP contribution in [0.5, 0.6) is 0 Å². The van der Waals surface area contributed by atoms with Crippen LogP contribution in [0.25, 0.3) is 11.4 Å². The van der Waals surface area contributed by atoms with Crippen molar-refractivity contribution in [2.24, 2.45) is 11.8 Å². The Balaban J connectivity index is 2.03. The Labute approximate surface area is 129 Å². The Bertz CT molecular complexity index is 639. The van der Waals surface area contributed by atoms with Crippen LogP contribution >= 0.6 is 11.6 Å². The van der Waals surface area contributed by atoms with Crippen LogP contribution < -0.4 is 5.73 Å². The molecule has 1 aliphatic carbocycles. The summed E-state index contributed by atoms with van der Waals surface area (Å²) in [6.07, 6.45) is 3.58. The van der Waals surface area contributed by atoms with Crippen molar-refractivity contribution in [3.8, 4) is 11.4 Å². The summed E-state index contributed by atoms with van der Waals surface area (Å²) in [7, 11) is 0. The number of benzene rings is 1. The zero-order chi connectivity index (χ0) is 15.0. The molecule has 0 saturated heterocycles. The van der Waals surface area contributed by atoms with Gasteiger partial charge in [0.05, 0.1) is 11.1 Å².